The summed E-state index contributed by atoms with van der Waals surface area (Å²) in [6.07, 6.45) is 8.31. The van der Waals surface area contributed by atoms with Crippen molar-refractivity contribution in [2.45, 2.75) is 6.42 Å². The highest BCUT2D eigenvalue weighted by molar-refractivity contribution is 6.08. The van der Waals surface area contributed by atoms with Gasteiger partial charge in [0.15, 0.2) is 0 Å². The van der Waals surface area contributed by atoms with Gasteiger partial charge in [0.2, 0.25) is 0 Å². The van der Waals surface area contributed by atoms with Gasteiger partial charge in [-0.05, 0) is 42.2 Å². The SMILES string of the molecule is O=C(NN1C(=O)[C@@H]2[C@@H]3C=C[C@@H]([C@H]4C[C@@H]34)[C@@H]2C1=O)c1cccnc1. The van der Waals surface area contributed by atoms with Crippen LogP contribution in [0, 0.1) is 35.5 Å². The first-order chi connectivity index (χ1) is 11.2. The van der Waals surface area contributed by atoms with E-state index in [2.05, 4.69) is 22.6 Å². The largest absolute Gasteiger partial charge is 0.272 e. The molecule has 23 heavy (non-hydrogen) atoms. The number of pyridine rings is 1. The second kappa shape index (κ2) is 4.28. The van der Waals surface area contributed by atoms with Crippen molar-refractivity contribution in [1.29, 1.82) is 0 Å². The lowest BCUT2D eigenvalue weighted by Gasteiger charge is -2.37. The number of allylic oxidation sites excluding steroid dienone is 2. The molecule has 116 valence electrons. The molecule has 6 nitrogen and oxygen atoms in total. The fraction of sp³-hybridized carbons (Fsp3) is 0.412. The molecule has 1 saturated heterocycles. The van der Waals surface area contributed by atoms with E-state index in [4.69, 9.17) is 0 Å². The van der Waals surface area contributed by atoms with Gasteiger partial charge in [0, 0.05) is 12.4 Å². The van der Waals surface area contributed by atoms with Crippen LogP contribution in [0.3, 0.4) is 0 Å². The quantitative estimate of drug-likeness (QED) is 0.647. The van der Waals surface area contributed by atoms with Gasteiger partial charge in [-0.25, -0.2) is 0 Å². The molecule has 2 saturated carbocycles. The van der Waals surface area contributed by atoms with Crippen molar-refractivity contribution in [3.63, 3.8) is 0 Å². The summed E-state index contributed by atoms with van der Waals surface area (Å²) in [6.45, 7) is 0. The lowest BCUT2D eigenvalue weighted by atomic mass is 9.63. The number of carbonyl (C=O) groups excluding carboxylic acids is 3. The average molecular weight is 309 g/mol. The maximum atomic E-state index is 12.7. The van der Waals surface area contributed by atoms with E-state index in [1.54, 1.807) is 18.3 Å². The molecule has 1 aromatic rings. The second-order valence-corrected chi connectivity index (χ2v) is 6.85. The molecular formula is C17H15N3O3. The Morgan fingerprint density at radius 2 is 1.78 bits per heavy atom. The van der Waals surface area contributed by atoms with Crippen LogP contribution < -0.4 is 5.43 Å². The standard InChI is InChI=1S/C17H15N3O3/c21-15(8-2-1-5-18-7-8)19-20-16(22)13-9-3-4-10(12-6-11(9)12)14(13)17(20)23/h1-5,7,9-14H,6H2,(H,19,21)/t9-,10+,11+,12-,13-,14+. The van der Waals surface area contributed by atoms with Gasteiger partial charge in [-0.2, -0.15) is 5.01 Å². The van der Waals surface area contributed by atoms with Gasteiger partial charge in [-0.1, -0.05) is 12.2 Å². The monoisotopic (exact) mass is 309 g/mol. The molecule has 5 aliphatic rings. The Morgan fingerprint density at radius 1 is 1.13 bits per heavy atom. The Kier molecular flexibility index (Phi) is 2.42. The zero-order valence-corrected chi connectivity index (χ0v) is 12.3. The van der Waals surface area contributed by atoms with Crippen LogP contribution in [0.1, 0.15) is 16.8 Å². The average Bonchev–Trinajstić information content (AvgIpc) is 3.37. The molecule has 3 fully saturated rings. The third-order valence-electron chi connectivity index (χ3n) is 5.80. The molecule has 0 unspecified atom stereocenters. The molecule has 3 amide bonds. The third kappa shape index (κ3) is 1.63. The lowest BCUT2D eigenvalue weighted by molar-refractivity contribution is -0.143. The number of hydrogen-bond donors (Lipinski definition) is 1. The Morgan fingerprint density at radius 3 is 2.35 bits per heavy atom. The third-order valence-corrected chi connectivity index (χ3v) is 5.80. The van der Waals surface area contributed by atoms with Crippen molar-refractivity contribution in [2.24, 2.45) is 35.5 Å². The van der Waals surface area contributed by atoms with Gasteiger partial charge in [0.1, 0.15) is 0 Å². The molecule has 0 spiro atoms. The smallest absolute Gasteiger partial charge is 0.271 e. The number of hydrogen-bond acceptors (Lipinski definition) is 4. The van der Waals surface area contributed by atoms with E-state index >= 15 is 0 Å². The first kappa shape index (κ1) is 13.0. The number of imide groups is 1. The van der Waals surface area contributed by atoms with Crippen molar-refractivity contribution in [1.82, 2.24) is 15.4 Å². The number of carbonyl (C=O) groups is 3. The molecular weight excluding hydrogens is 294 g/mol. The molecule has 6 atom stereocenters. The molecule has 1 N–H and O–H groups in total. The summed E-state index contributed by atoms with van der Waals surface area (Å²) in [7, 11) is 0. The number of rotatable bonds is 2. The maximum absolute atomic E-state index is 12.7. The van der Waals surface area contributed by atoms with Gasteiger partial charge in [0.05, 0.1) is 17.4 Å². The Labute approximate surface area is 132 Å². The van der Waals surface area contributed by atoms with E-state index in [-0.39, 0.29) is 35.5 Å². The molecule has 2 heterocycles. The second-order valence-electron chi connectivity index (χ2n) is 6.85. The van der Waals surface area contributed by atoms with Gasteiger partial charge >= 0.3 is 0 Å². The first-order valence-electron chi connectivity index (χ1n) is 7.94. The number of amides is 3. The Hall–Kier alpha value is -2.50. The van der Waals surface area contributed by atoms with Crippen LogP contribution in [0.4, 0.5) is 0 Å². The van der Waals surface area contributed by atoms with E-state index in [1.165, 1.54) is 6.20 Å². The highest BCUT2D eigenvalue weighted by atomic mass is 16.2. The summed E-state index contributed by atoms with van der Waals surface area (Å²) >= 11 is 0. The van der Waals surface area contributed by atoms with Crippen molar-refractivity contribution in [3.8, 4) is 0 Å². The summed E-state index contributed by atoms with van der Waals surface area (Å²) in [4.78, 5) is 41.5. The lowest BCUT2D eigenvalue weighted by Crippen LogP contribution is -2.46. The van der Waals surface area contributed by atoms with Crippen molar-refractivity contribution in [3.05, 3.63) is 42.2 Å². The summed E-state index contributed by atoms with van der Waals surface area (Å²) < 4.78 is 0. The Bertz CT molecular complexity index is 724. The number of hydrazine groups is 1. The molecule has 1 aliphatic heterocycles. The fourth-order valence-electron chi connectivity index (χ4n) is 4.73. The minimum Gasteiger partial charge on any atom is -0.272 e. The van der Waals surface area contributed by atoms with Gasteiger partial charge in [-0.15, -0.1) is 0 Å². The van der Waals surface area contributed by atoms with Gasteiger partial charge < -0.3 is 0 Å². The van der Waals surface area contributed by atoms with E-state index in [9.17, 15) is 14.4 Å². The minimum absolute atomic E-state index is 0.159. The molecule has 2 bridgehead atoms. The fourth-order valence-corrected chi connectivity index (χ4v) is 4.73. The zero-order valence-electron chi connectivity index (χ0n) is 12.3. The molecule has 1 aromatic heterocycles. The van der Waals surface area contributed by atoms with E-state index in [0.717, 1.165) is 11.4 Å². The Balaban J connectivity index is 1.42. The van der Waals surface area contributed by atoms with Crippen molar-refractivity contribution < 1.29 is 14.4 Å². The minimum atomic E-state index is -0.482. The van der Waals surface area contributed by atoms with Crippen LogP contribution in [0.15, 0.2) is 36.7 Å². The van der Waals surface area contributed by atoms with Crippen LogP contribution in [0.5, 0.6) is 0 Å². The van der Waals surface area contributed by atoms with Gasteiger partial charge in [0.25, 0.3) is 17.7 Å². The maximum Gasteiger partial charge on any atom is 0.271 e. The predicted molar refractivity (Wildman–Crippen MR) is 78.3 cm³/mol. The highest BCUT2D eigenvalue weighted by Gasteiger charge is 2.67. The molecule has 6 rings (SSSR count). The van der Waals surface area contributed by atoms with Crippen LogP contribution in [-0.2, 0) is 9.59 Å². The molecule has 6 heteroatoms. The predicted octanol–water partition coefficient (Wildman–Crippen LogP) is 0.779. The molecule has 0 radical (unpaired) electrons. The van der Waals surface area contributed by atoms with Crippen LogP contribution in [0.25, 0.3) is 0 Å². The first-order valence-corrected chi connectivity index (χ1v) is 7.94. The zero-order chi connectivity index (χ0) is 15.7. The van der Waals surface area contributed by atoms with E-state index in [0.29, 0.717) is 17.4 Å². The highest BCUT2D eigenvalue weighted by Crippen LogP contribution is 2.65. The summed E-state index contributed by atoms with van der Waals surface area (Å²) in [6, 6.07) is 3.24. The summed E-state index contributed by atoms with van der Waals surface area (Å²) in [5.74, 6) is -0.175. The molecule has 4 aliphatic carbocycles. The number of nitrogens with zero attached hydrogens (tertiary/aromatic N) is 2. The van der Waals surface area contributed by atoms with E-state index < -0.39 is 5.91 Å². The summed E-state index contributed by atoms with van der Waals surface area (Å²) in [5.41, 5.74) is 2.80. The number of nitrogens with one attached hydrogen (secondary N) is 1. The van der Waals surface area contributed by atoms with Crippen molar-refractivity contribution in [2.75, 3.05) is 0 Å². The summed E-state index contributed by atoms with van der Waals surface area (Å²) in [5, 5.41) is 0.947. The normalized spacial score (nSPS) is 39.2. The van der Waals surface area contributed by atoms with Gasteiger partial charge in [-0.3, -0.25) is 24.8 Å². The van der Waals surface area contributed by atoms with Crippen LogP contribution >= 0.6 is 0 Å². The number of aromatic nitrogens is 1. The van der Waals surface area contributed by atoms with Crippen LogP contribution in [-0.4, -0.2) is 27.7 Å². The van der Waals surface area contributed by atoms with Crippen LogP contribution in [0.2, 0.25) is 0 Å². The molecule has 0 aromatic carbocycles. The van der Waals surface area contributed by atoms with E-state index in [1.807, 2.05) is 0 Å². The topological polar surface area (TPSA) is 79.4 Å². The van der Waals surface area contributed by atoms with Crippen molar-refractivity contribution >= 4 is 17.7 Å².